The highest BCUT2D eigenvalue weighted by Crippen LogP contribution is 2.35. The van der Waals surface area contributed by atoms with Gasteiger partial charge in [-0.05, 0) is 38.0 Å². The smallest absolute Gasteiger partial charge is 0.244 e. The molecule has 1 saturated heterocycles. The number of anilines is 1. The number of hydrogen-bond acceptors (Lipinski definition) is 7. The average molecular weight is 483 g/mol. The molecule has 3 aromatic rings. The van der Waals surface area contributed by atoms with Crippen LogP contribution >= 0.6 is 11.3 Å². The van der Waals surface area contributed by atoms with Crippen molar-refractivity contribution < 1.29 is 26.5 Å². The number of sulfonamides is 1. The Kier molecular flexibility index (Phi) is 6.10. The fourth-order valence-electron chi connectivity index (χ4n) is 3.57. The Morgan fingerprint density at radius 1 is 1.28 bits per heavy atom. The van der Waals surface area contributed by atoms with E-state index in [1.165, 1.54) is 21.7 Å². The fraction of sp³-hybridized carbons (Fsp3) is 0.350. The molecule has 0 bridgehead atoms. The van der Waals surface area contributed by atoms with Gasteiger partial charge in [0.05, 0.1) is 21.4 Å². The van der Waals surface area contributed by atoms with E-state index in [-0.39, 0.29) is 23.7 Å². The number of amides is 1. The standard InChI is InChI=1S/C20H20F2N4O4S2/c1-11-18(9-17(31-11)19-23-12(2)30-25-19)32(28,29)26-7-3-4-13(10-26)20(27)24-16-6-5-14(21)8-15(16)22/h5-6,8-9,13H,3-4,7,10H2,1-2H3,(H,24,27)/t13-/m1/s1. The Morgan fingerprint density at radius 3 is 2.75 bits per heavy atom. The van der Waals surface area contributed by atoms with E-state index in [9.17, 15) is 22.0 Å². The lowest BCUT2D eigenvalue weighted by atomic mass is 9.98. The van der Waals surface area contributed by atoms with Gasteiger partial charge in [-0.2, -0.15) is 9.29 Å². The number of aromatic nitrogens is 2. The lowest BCUT2D eigenvalue weighted by Crippen LogP contribution is -2.43. The second-order valence-corrected chi connectivity index (χ2v) is 10.6. The highest BCUT2D eigenvalue weighted by atomic mass is 32.2. The van der Waals surface area contributed by atoms with Crippen molar-refractivity contribution in [3.63, 3.8) is 0 Å². The molecule has 1 atom stereocenters. The van der Waals surface area contributed by atoms with Gasteiger partial charge in [0.2, 0.25) is 27.6 Å². The third kappa shape index (κ3) is 4.43. The first-order chi connectivity index (χ1) is 15.1. The van der Waals surface area contributed by atoms with E-state index in [0.29, 0.717) is 40.4 Å². The Balaban J connectivity index is 1.52. The normalized spacial score (nSPS) is 17.4. The number of nitrogens with zero attached hydrogens (tertiary/aromatic N) is 3. The van der Waals surface area contributed by atoms with Gasteiger partial charge in [0, 0.05) is 31.0 Å². The van der Waals surface area contributed by atoms with Crippen molar-refractivity contribution in [2.45, 2.75) is 31.6 Å². The molecule has 1 fully saturated rings. The molecule has 32 heavy (non-hydrogen) atoms. The summed E-state index contributed by atoms with van der Waals surface area (Å²) in [5, 5.41) is 6.26. The van der Waals surface area contributed by atoms with Gasteiger partial charge in [-0.15, -0.1) is 11.3 Å². The van der Waals surface area contributed by atoms with E-state index in [4.69, 9.17) is 4.52 Å². The zero-order valence-corrected chi connectivity index (χ0v) is 18.9. The summed E-state index contributed by atoms with van der Waals surface area (Å²) in [5.74, 6) is -2.14. The van der Waals surface area contributed by atoms with Crippen LogP contribution in [0.25, 0.3) is 10.7 Å². The molecule has 2 aromatic heterocycles. The molecule has 0 spiro atoms. The number of aryl methyl sites for hydroxylation is 2. The third-order valence-electron chi connectivity index (χ3n) is 5.18. The van der Waals surface area contributed by atoms with Crippen LogP contribution in [0.2, 0.25) is 0 Å². The Morgan fingerprint density at radius 2 is 2.06 bits per heavy atom. The first-order valence-corrected chi connectivity index (χ1v) is 12.1. The number of halogens is 2. The van der Waals surface area contributed by atoms with Crippen LogP contribution < -0.4 is 5.32 Å². The lowest BCUT2D eigenvalue weighted by Gasteiger charge is -2.31. The predicted octanol–water partition coefficient (Wildman–Crippen LogP) is 3.73. The van der Waals surface area contributed by atoms with E-state index >= 15 is 0 Å². The molecule has 0 radical (unpaired) electrons. The molecule has 1 aliphatic rings. The molecular formula is C20H20F2N4O4S2. The topological polar surface area (TPSA) is 105 Å². The van der Waals surface area contributed by atoms with Gasteiger partial charge in [0.25, 0.3) is 0 Å². The van der Waals surface area contributed by atoms with Crippen LogP contribution in [0.3, 0.4) is 0 Å². The number of piperidine rings is 1. The lowest BCUT2D eigenvalue weighted by molar-refractivity contribution is -0.120. The number of thiophene rings is 1. The van der Waals surface area contributed by atoms with Crippen molar-refractivity contribution in [3.8, 4) is 10.7 Å². The molecule has 12 heteroatoms. The largest absolute Gasteiger partial charge is 0.339 e. The minimum absolute atomic E-state index is 0.0388. The Bertz CT molecular complexity index is 1270. The van der Waals surface area contributed by atoms with E-state index < -0.39 is 33.5 Å². The number of carbonyl (C=O) groups excluding carboxylic acids is 1. The Labute approximate surface area is 187 Å². The van der Waals surface area contributed by atoms with Crippen LogP contribution in [-0.4, -0.2) is 41.9 Å². The number of benzene rings is 1. The van der Waals surface area contributed by atoms with Gasteiger partial charge in [-0.1, -0.05) is 5.16 Å². The van der Waals surface area contributed by atoms with Gasteiger partial charge in [0.1, 0.15) is 11.6 Å². The quantitative estimate of drug-likeness (QED) is 0.594. The van der Waals surface area contributed by atoms with Crippen molar-refractivity contribution in [2.75, 3.05) is 18.4 Å². The summed E-state index contributed by atoms with van der Waals surface area (Å²) >= 11 is 1.24. The van der Waals surface area contributed by atoms with Crippen LogP contribution in [0.4, 0.5) is 14.5 Å². The summed E-state index contributed by atoms with van der Waals surface area (Å²) in [7, 11) is -3.87. The minimum atomic E-state index is -3.87. The fourth-order valence-corrected chi connectivity index (χ4v) is 6.58. The van der Waals surface area contributed by atoms with E-state index in [1.807, 2.05) is 0 Å². The molecule has 1 amide bonds. The second-order valence-electron chi connectivity index (χ2n) is 7.48. The van der Waals surface area contributed by atoms with Crippen molar-refractivity contribution in [2.24, 2.45) is 5.92 Å². The molecule has 170 valence electrons. The summed E-state index contributed by atoms with van der Waals surface area (Å²) in [5.41, 5.74) is -0.148. The molecular weight excluding hydrogens is 462 g/mol. The zero-order valence-electron chi connectivity index (χ0n) is 17.3. The van der Waals surface area contributed by atoms with Gasteiger partial charge >= 0.3 is 0 Å². The Hall–Kier alpha value is -2.70. The third-order valence-corrected chi connectivity index (χ3v) is 8.35. The summed E-state index contributed by atoms with van der Waals surface area (Å²) in [4.78, 5) is 18.1. The maximum absolute atomic E-state index is 13.9. The highest BCUT2D eigenvalue weighted by molar-refractivity contribution is 7.89. The molecule has 0 saturated carbocycles. The molecule has 1 aliphatic heterocycles. The number of nitrogens with one attached hydrogen (secondary N) is 1. The highest BCUT2D eigenvalue weighted by Gasteiger charge is 2.35. The first kappa shape index (κ1) is 22.5. The van der Waals surface area contributed by atoms with Crippen LogP contribution in [-0.2, 0) is 14.8 Å². The maximum Gasteiger partial charge on any atom is 0.244 e. The monoisotopic (exact) mass is 482 g/mol. The second kappa shape index (κ2) is 8.68. The zero-order chi connectivity index (χ0) is 23.0. The van der Waals surface area contributed by atoms with E-state index in [1.54, 1.807) is 13.8 Å². The van der Waals surface area contributed by atoms with E-state index in [0.717, 1.165) is 12.1 Å². The van der Waals surface area contributed by atoms with Gasteiger partial charge in [-0.3, -0.25) is 4.79 Å². The molecule has 4 rings (SSSR count). The summed E-state index contributed by atoms with van der Waals surface area (Å²) < 4.78 is 59.8. The van der Waals surface area contributed by atoms with Gasteiger partial charge in [-0.25, -0.2) is 17.2 Å². The molecule has 1 aromatic carbocycles. The molecule has 3 heterocycles. The molecule has 1 N–H and O–H groups in total. The first-order valence-electron chi connectivity index (χ1n) is 9.82. The maximum atomic E-state index is 13.9. The van der Waals surface area contributed by atoms with Crippen LogP contribution in [0.15, 0.2) is 33.7 Å². The van der Waals surface area contributed by atoms with Crippen molar-refractivity contribution >= 4 is 33.0 Å². The van der Waals surface area contributed by atoms with Crippen LogP contribution in [0.1, 0.15) is 23.6 Å². The van der Waals surface area contributed by atoms with E-state index in [2.05, 4.69) is 15.5 Å². The van der Waals surface area contributed by atoms with Crippen LogP contribution in [0.5, 0.6) is 0 Å². The van der Waals surface area contributed by atoms with Crippen molar-refractivity contribution in [1.29, 1.82) is 0 Å². The average Bonchev–Trinajstić information content (AvgIpc) is 3.36. The van der Waals surface area contributed by atoms with Gasteiger partial charge < -0.3 is 9.84 Å². The number of carbonyl (C=O) groups is 1. The summed E-state index contributed by atoms with van der Waals surface area (Å²) in [6.45, 7) is 3.57. The molecule has 8 nitrogen and oxygen atoms in total. The van der Waals surface area contributed by atoms with Crippen molar-refractivity contribution in [3.05, 3.63) is 46.7 Å². The molecule has 0 unspecified atom stereocenters. The number of hydrogen-bond donors (Lipinski definition) is 1. The van der Waals surface area contributed by atoms with Gasteiger partial charge in [0.15, 0.2) is 0 Å². The summed E-state index contributed by atoms with van der Waals surface area (Å²) in [6.07, 6.45) is 0.931. The minimum Gasteiger partial charge on any atom is -0.339 e. The number of rotatable bonds is 5. The molecule has 0 aliphatic carbocycles. The van der Waals surface area contributed by atoms with Crippen LogP contribution in [0, 0.1) is 31.4 Å². The SMILES string of the molecule is Cc1nc(-c2cc(S(=O)(=O)N3CCC[C@@H](C(=O)Nc4ccc(F)cc4F)C3)c(C)s2)no1. The van der Waals surface area contributed by atoms with Crippen molar-refractivity contribution in [1.82, 2.24) is 14.4 Å². The summed E-state index contributed by atoms with van der Waals surface area (Å²) in [6, 6.07) is 4.36. The predicted molar refractivity (Wildman–Crippen MR) is 114 cm³/mol.